The molecule has 9 heteroatoms. The van der Waals surface area contributed by atoms with Gasteiger partial charge in [-0.25, -0.2) is 13.1 Å². The van der Waals surface area contributed by atoms with Crippen molar-refractivity contribution in [3.8, 4) is 0 Å². The van der Waals surface area contributed by atoms with Crippen LogP contribution in [0, 0.1) is 10.1 Å². The zero-order valence-corrected chi connectivity index (χ0v) is 18.1. The molecule has 0 radical (unpaired) electrons. The van der Waals surface area contributed by atoms with Gasteiger partial charge in [-0.1, -0.05) is 30.7 Å². The van der Waals surface area contributed by atoms with Crippen LogP contribution in [0.5, 0.6) is 0 Å². The van der Waals surface area contributed by atoms with Gasteiger partial charge in [0.05, 0.1) is 9.82 Å². The number of nitrogens with zero attached hydrogens (tertiary/aromatic N) is 2. The molecule has 0 aliphatic carbocycles. The first-order valence-corrected chi connectivity index (χ1v) is 11.6. The van der Waals surface area contributed by atoms with Crippen molar-refractivity contribution in [2.45, 2.75) is 50.2 Å². The fourth-order valence-electron chi connectivity index (χ4n) is 3.78. The number of hydrogen-bond donors (Lipinski definition) is 2. The molecule has 1 atom stereocenters. The topological polar surface area (TPSA) is 105 Å². The van der Waals surface area contributed by atoms with E-state index in [9.17, 15) is 18.5 Å². The molecule has 1 heterocycles. The highest BCUT2D eigenvalue weighted by molar-refractivity contribution is 7.89. The number of sulfonamides is 1. The molecule has 2 aromatic carbocycles. The molecule has 0 spiro atoms. The summed E-state index contributed by atoms with van der Waals surface area (Å²) < 4.78 is 26.1. The van der Waals surface area contributed by atoms with Gasteiger partial charge in [-0.2, -0.15) is 0 Å². The highest BCUT2D eigenvalue weighted by Crippen LogP contribution is 2.28. The number of piperidine rings is 1. The minimum absolute atomic E-state index is 0.137. The molecule has 2 aromatic rings. The number of hydrogen-bond acceptors (Lipinski definition) is 6. The fourth-order valence-corrected chi connectivity index (χ4v) is 4.53. The van der Waals surface area contributed by atoms with Gasteiger partial charge < -0.3 is 5.32 Å². The van der Waals surface area contributed by atoms with Crippen molar-refractivity contribution in [3.63, 3.8) is 0 Å². The van der Waals surface area contributed by atoms with Crippen LogP contribution in [0.1, 0.15) is 37.3 Å². The van der Waals surface area contributed by atoms with Crippen molar-refractivity contribution in [3.05, 3.63) is 63.7 Å². The predicted octanol–water partition coefficient (Wildman–Crippen LogP) is 3.49. The Hall–Kier alpha value is -2.49. The molecule has 1 unspecified atom stereocenters. The molecule has 2 N–H and O–H groups in total. The van der Waals surface area contributed by atoms with Crippen molar-refractivity contribution in [2.75, 3.05) is 18.9 Å². The summed E-state index contributed by atoms with van der Waals surface area (Å²) in [5.74, 6) is 0. The van der Waals surface area contributed by atoms with Gasteiger partial charge in [0.1, 0.15) is 5.69 Å². The molecule has 0 bridgehead atoms. The maximum Gasteiger partial charge on any atom is 0.293 e. The van der Waals surface area contributed by atoms with E-state index >= 15 is 0 Å². The number of rotatable bonds is 8. The van der Waals surface area contributed by atoms with E-state index in [0.29, 0.717) is 12.6 Å². The van der Waals surface area contributed by atoms with Crippen molar-refractivity contribution in [2.24, 2.45) is 0 Å². The lowest BCUT2D eigenvalue weighted by atomic mass is 10.0. The molecular formula is C21H28N4O4S. The van der Waals surface area contributed by atoms with Crippen LogP contribution in [0.3, 0.4) is 0 Å². The van der Waals surface area contributed by atoms with Crippen LogP contribution in [0.4, 0.5) is 11.4 Å². The summed E-state index contributed by atoms with van der Waals surface area (Å²) in [4.78, 5) is 13.3. The first-order valence-electron chi connectivity index (χ1n) is 10.1. The summed E-state index contributed by atoms with van der Waals surface area (Å²) in [7, 11) is -2.48. The highest BCUT2D eigenvalue weighted by atomic mass is 32.2. The van der Waals surface area contributed by atoms with E-state index in [-0.39, 0.29) is 16.3 Å². The normalized spacial score (nSPS) is 17.6. The van der Waals surface area contributed by atoms with Gasteiger partial charge in [0.15, 0.2) is 0 Å². The first kappa shape index (κ1) is 22.2. The lowest BCUT2D eigenvalue weighted by Crippen LogP contribution is -2.37. The standard InChI is InChI=1S/C21H28N4O4S/c1-16-7-5-6-12-24(16)15-18-9-4-3-8-17(18)14-23-20-11-10-19(30(28,29)22-2)13-21(20)25(26)27/h3-4,8-11,13,16,22-23H,5-7,12,14-15H2,1-2H3. The van der Waals surface area contributed by atoms with Crippen LogP contribution < -0.4 is 10.0 Å². The van der Waals surface area contributed by atoms with Crippen LogP contribution >= 0.6 is 0 Å². The zero-order chi connectivity index (χ0) is 21.7. The third-order valence-electron chi connectivity index (χ3n) is 5.65. The maximum atomic E-state index is 12.0. The molecule has 30 heavy (non-hydrogen) atoms. The molecule has 0 saturated carbocycles. The second kappa shape index (κ2) is 9.55. The lowest BCUT2D eigenvalue weighted by molar-refractivity contribution is -0.384. The first-order chi connectivity index (χ1) is 14.3. The second-order valence-corrected chi connectivity index (χ2v) is 9.47. The van der Waals surface area contributed by atoms with E-state index in [1.165, 1.54) is 44.0 Å². The molecule has 0 amide bonds. The predicted molar refractivity (Wildman–Crippen MR) is 117 cm³/mol. The Morgan fingerprint density at radius 2 is 1.90 bits per heavy atom. The van der Waals surface area contributed by atoms with Gasteiger partial charge in [0, 0.05) is 25.2 Å². The Bertz CT molecular complexity index is 1010. The Kier molecular flexibility index (Phi) is 7.06. The van der Waals surface area contributed by atoms with Crippen LogP contribution in [-0.4, -0.2) is 37.9 Å². The summed E-state index contributed by atoms with van der Waals surface area (Å²) in [6.45, 7) is 4.60. The summed E-state index contributed by atoms with van der Waals surface area (Å²) in [6.07, 6.45) is 3.68. The number of nitrogens with one attached hydrogen (secondary N) is 2. The number of nitro benzene ring substituents is 1. The molecule has 1 aliphatic rings. The Balaban J connectivity index is 1.79. The molecule has 162 valence electrons. The quantitative estimate of drug-likeness (QED) is 0.489. The SMILES string of the molecule is CNS(=O)(=O)c1ccc(NCc2ccccc2CN2CCCCC2C)c([N+](=O)[O-])c1. The van der Waals surface area contributed by atoms with Crippen molar-refractivity contribution >= 4 is 21.4 Å². The van der Waals surface area contributed by atoms with E-state index in [1.807, 2.05) is 18.2 Å². The molecular weight excluding hydrogens is 404 g/mol. The Morgan fingerprint density at radius 3 is 2.57 bits per heavy atom. The smallest absolute Gasteiger partial charge is 0.293 e. The van der Waals surface area contributed by atoms with E-state index in [0.717, 1.165) is 24.7 Å². The summed E-state index contributed by atoms with van der Waals surface area (Å²) >= 11 is 0. The van der Waals surface area contributed by atoms with Crippen molar-refractivity contribution < 1.29 is 13.3 Å². The zero-order valence-electron chi connectivity index (χ0n) is 17.3. The van der Waals surface area contributed by atoms with Gasteiger partial charge in [0.2, 0.25) is 10.0 Å². The summed E-state index contributed by atoms with van der Waals surface area (Å²) in [5.41, 5.74) is 2.27. The molecule has 1 fully saturated rings. The van der Waals surface area contributed by atoms with Gasteiger partial charge in [-0.05, 0) is 56.6 Å². The molecule has 1 saturated heterocycles. The van der Waals surface area contributed by atoms with Gasteiger partial charge in [0.25, 0.3) is 5.69 Å². The van der Waals surface area contributed by atoms with Crippen LogP contribution in [0.15, 0.2) is 47.4 Å². The van der Waals surface area contributed by atoms with E-state index in [2.05, 4.69) is 27.9 Å². The van der Waals surface area contributed by atoms with Crippen LogP contribution in [-0.2, 0) is 23.1 Å². The van der Waals surface area contributed by atoms with Crippen molar-refractivity contribution in [1.82, 2.24) is 9.62 Å². The third kappa shape index (κ3) is 5.16. The highest BCUT2D eigenvalue weighted by Gasteiger charge is 2.21. The van der Waals surface area contributed by atoms with E-state index in [4.69, 9.17) is 0 Å². The minimum atomic E-state index is -3.75. The van der Waals surface area contributed by atoms with E-state index < -0.39 is 14.9 Å². The molecule has 0 aromatic heterocycles. The molecule has 3 rings (SSSR count). The van der Waals surface area contributed by atoms with Gasteiger partial charge in [-0.15, -0.1) is 0 Å². The number of benzene rings is 2. The average molecular weight is 433 g/mol. The number of nitro groups is 1. The maximum absolute atomic E-state index is 12.0. The number of anilines is 1. The second-order valence-electron chi connectivity index (χ2n) is 7.58. The average Bonchev–Trinajstić information content (AvgIpc) is 2.74. The van der Waals surface area contributed by atoms with Gasteiger partial charge in [-0.3, -0.25) is 15.0 Å². The summed E-state index contributed by atoms with van der Waals surface area (Å²) in [6, 6.07) is 12.5. The third-order valence-corrected chi connectivity index (χ3v) is 7.06. The Labute approximate surface area is 177 Å². The van der Waals surface area contributed by atoms with Crippen LogP contribution in [0.25, 0.3) is 0 Å². The number of likely N-dealkylation sites (tertiary alicyclic amines) is 1. The largest absolute Gasteiger partial charge is 0.375 e. The Morgan fingerprint density at radius 1 is 1.17 bits per heavy atom. The van der Waals surface area contributed by atoms with E-state index in [1.54, 1.807) is 0 Å². The van der Waals surface area contributed by atoms with Gasteiger partial charge >= 0.3 is 0 Å². The monoisotopic (exact) mass is 432 g/mol. The fraction of sp³-hybridized carbons (Fsp3) is 0.429. The molecule has 1 aliphatic heterocycles. The van der Waals surface area contributed by atoms with Crippen molar-refractivity contribution in [1.29, 1.82) is 0 Å². The van der Waals surface area contributed by atoms with Crippen LogP contribution in [0.2, 0.25) is 0 Å². The lowest BCUT2D eigenvalue weighted by Gasteiger charge is -2.33. The summed E-state index contributed by atoms with van der Waals surface area (Å²) in [5, 5.41) is 14.6. The molecule has 8 nitrogen and oxygen atoms in total. The minimum Gasteiger partial charge on any atom is -0.375 e.